The maximum atomic E-state index is 11.2. The van der Waals surface area contributed by atoms with E-state index < -0.39 is 0 Å². The standard InChI is InChI=1S/C14H21BrN4O/c1-2-3-12-18-11(15)8-13(19-12)17-10-6-4-9(5-7-10)14(16)20/h8-10H,2-7H2,1H3,(H2,16,20)(H,17,18,19). The topological polar surface area (TPSA) is 80.9 Å². The quantitative estimate of drug-likeness (QED) is 0.807. The van der Waals surface area contributed by atoms with E-state index in [0.29, 0.717) is 6.04 Å². The Kier molecular flexibility index (Phi) is 5.34. The van der Waals surface area contributed by atoms with Gasteiger partial charge in [-0.1, -0.05) is 6.92 Å². The van der Waals surface area contributed by atoms with Crippen LogP contribution in [0.4, 0.5) is 5.82 Å². The molecule has 1 heterocycles. The van der Waals surface area contributed by atoms with E-state index >= 15 is 0 Å². The van der Waals surface area contributed by atoms with Crippen LogP contribution in [0.1, 0.15) is 44.9 Å². The van der Waals surface area contributed by atoms with Gasteiger partial charge < -0.3 is 11.1 Å². The number of halogens is 1. The van der Waals surface area contributed by atoms with Gasteiger partial charge in [-0.2, -0.15) is 0 Å². The summed E-state index contributed by atoms with van der Waals surface area (Å²) < 4.78 is 0.810. The van der Waals surface area contributed by atoms with Crippen LogP contribution in [0.2, 0.25) is 0 Å². The van der Waals surface area contributed by atoms with Crippen molar-refractivity contribution < 1.29 is 4.79 Å². The first-order valence-corrected chi connectivity index (χ1v) is 7.97. The molecule has 0 aromatic carbocycles. The number of aromatic nitrogens is 2. The van der Waals surface area contributed by atoms with Gasteiger partial charge in [-0.15, -0.1) is 0 Å². The van der Waals surface area contributed by atoms with Crippen molar-refractivity contribution in [2.45, 2.75) is 51.5 Å². The molecule has 1 fully saturated rings. The summed E-state index contributed by atoms with van der Waals surface area (Å²) in [4.78, 5) is 20.0. The largest absolute Gasteiger partial charge is 0.369 e. The average Bonchev–Trinajstić information content (AvgIpc) is 2.39. The van der Waals surface area contributed by atoms with Gasteiger partial charge in [0, 0.05) is 24.4 Å². The monoisotopic (exact) mass is 340 g/mol. The molecule has 1 saturated carbocycles. The summed E-state index contributed by atoms with van der Waals surface area (Å²) in [5.74, 6) is 1.59. The highest BCUT2D eigenvalue weighted by Crippen LogP contribution is 2.26. The van der Waals surface area contributed by atoms with E-state index in [-0.39, 0.29) is 11.8 Å². The third kappa shape index (κ3) is 4.16. The molecule has 0 radical (unpaired) electrons. The Labute approximate surface area is 127 Å². The Hall–Kier alpha value is -1.17. The second-order valence-electron chi connectivity index (χ2n) is 5.34. The number of nitrogens with zero attached hydrogens (tertiary/aromatic N) is 2. The highest BCUT2D eigenvalue weighted by Gasteiger charge is 2.24. The lowest BCUT2D eigenvalue weighted by molar-refractivity contribution is -0.122. The molecular weight excluding hydrogens is 320 g/mol. The third-order valence-electron chi connectivity index (χ3n) is 3.70. The zero-order chi connectivity index (χ0) is 14.5. The van der Waals surface area contributed by atoms with E-state index in [1.54, 1.807) is 0 Å². The maximum absolute atomic E-state index is 11.2. The number of anilines is 1. The molecule has 2 rings (SSSR count). The molecule has 5 nitrogen and oxygen atoms in total. The fourth-order valence-electron chi connectivity index (χ4n) is 2.61. The van der Waals surface area contributed by atoms with Gasteiger partial charge in [0.05, 0.1) is 0 Å². The van der Waals surface area contributed by atoms with Crippen molar-refractivity contribution in [2.24, 2.45) is 11.7 Å². The van der Waals surface area contributed by atoms with Crippen molar-refractivity contribution in [3.05, 3.63) is 16.5 Å². The summed E-state index contributed by atoms with van der Waals surface area (Å²) >= 11 is 3.42. The van der Waals surface area contributed by atoms with Crippen molar-refractivity contribution in [3.63, 3.8) is 0 Å². The molecular formula is C14H21BrN4O. The molecule has 0 spiro atoms. The lowest BCUT2D eigenvalue weighted by Crippen LogP contribution is -2.32. The number of primary amides is 1. The first kappa shape index (κ1) is 15.2. The molecule has 1 amide bonds. The third-order valence-corrected chi connectivity index (χ3v) is 4.10. The van der Waals surface area contributed by atoms with Crippen LogP contribution in [0.25, 0.3) is 0 Å². The van der Waals surface area contributed by atoms with Crippen LogP contribution in [0.15, 0.2) is 10.7 Å². The van der Waals surface area contributed by atoms with Gasteiger partial charge in [0.25, 0.3) is 0 Å². The number of carbonyl (C=O) groups excluding carboxylic acids is 1. The first-order valence-electron chi connectivity index (χ1n) is 7.17. The molecule has 20 heavy (non-hydrogen) atoms. The number of carbonyl (C=O) groups is 1. The smallest absolute Gasteiger partial charge is 0.220 e. The highest BCUT2D eigenvalue weighted by molar-refractivity contribution is 9.10. The number of nitrogens with one attached hydrogen (secondary N) is 1. The minimum atomic E-state index is -0.168. The van der Waals surface area contributed by atoms with E-state index in [9.17, 15) is 4.79 Å². The number of nitrogens with two attached hydrogens (primary N) is 1. The summed E-state index contributed by atoms with van der Waals surface area (Å²) in [6.07, 6.45) is 5.54. The first-order chi connectivity index (χ1) is 9.58. The molecule has 0 atom stereocenters. The molecule has 3 N–H and O–H groups in total. The van der Waals surface area contributed by atoms with E-state index in [2.05, 4.69) is 38.1 Å². The van der Waals surface area contributed by atoms with E-state index in [4.69, 9.17) is 5.73 Å². The van der Waals surface area contributed by atoms with Gasteiger partial charge in [0.1, 0.15) is 16.2 Å². The van der Waals surface area contributed by atoms with Crippen molar-refractivity contribution in [2.75, 3.05) is 5.32 Å². The summed E-state index contributed by atoms with van der Waals surface area (Å²) in [5.41, 5.74) is 5.35. The molecule has 1 aromatic rings. The second kappa shape index (κ2) is 7.02. The van der Waals surface area contributed by atoms with Crippen LogP contribution in [0, 0.1) is 5.92 Å². The summed E-state index contributed by atoms with van der Waals surface area (Å²) in [7, 11) is 0. The predicted molar refractivity (Wildman–Crippen MR) is 82.3 cm³/mol. The lowest BCUT2D eigenvalue weighted by atomic mass is 9.85. The number of rotatable bonds is 5. The van der Waals surface area contributed by atoms with E-state index in [0.717, 1.165) is 54.8 Å². The number of amides is 1. The molecule has 0 unspecified atom stereocenters. The SMILES string of the molecule is CCCc1nc(Br)cc(NC2CCC(C(N)=O)CC2)n1. The van der Waals surface area contributed by atoms with Crippen LogP contribution < -0.4 is 11.1 Å². The molecule has 0 saturated heterocycles. The van der Waals surface area contributed by atoms with Crippen molar-refractivity contribution in [1.82, 2.24) is 9.97 Å². The number of hydrogen-bond acceptors (Lipinski definition) is 4. The fourth-order valence-corrected chi connectivity index (χ4v) is 3.03. The van der Waals surface area contributed by atoms with Gasteiger partial charge in [-0.3, -0.25) is 4.79 Å². The average molecular weight is 341 g/mol. The minimum Gasteiger partial charge on any atom is -0.369 e. The molecule has 1 aliphatic carbocycles. The van der Waals surface area contributed by atoms with Crippen molar-refractivity contribution in [3.8, 4) is 0 Å². The zero-order valence-corrected chi connectivity index (χ0v) is 13.3. The lowest BCUT2D eigenvalue weighted by Gasteiger charge is -2.27. The Morgan fingerprint density at radius 1 is 1.40 bits per heavy atom. The highest BCUT2D eigenvalue weighted by atomic mass is 79.9. The van der Waals surface area contributed by atoms with Crippen LogP contribution in [0.5, 0.6) is 0 Å². The van der Waals surface area contributed by atoms with Crippen molar-refractivity contribution in [1.29, 1.82) is 0 Å². The van der Waals surface area contributed by atoms with Crippen LogP contribution in [-0.2, 0) is 11.2 Å². The van der Waals surface area contributed by atoms with Crippen molar-refractivity contribution >= 4 is 27.7 Å². The Morgan fingerprint density at radius 3 is 2.70 bits per heavy atom. The predicted octanol–water partition coefficient (Wildman–Crippen LogP) is 2.65. The summed E-state index contributed by atoms with van der Waals surface area (Å²) in [6.45, 7) is 2.11. The van der Waals surface area contributed by atoms with Crippen LogP contribution in [0.3, 0.4) is 0 Å². The molecule has 6 heteroatoms. The van der Waals surface area contributed by atoms with Gasteiger partial charge >= 0.3 is 0 Å². The van der Waals surface area contributed by atoms with Gasteiger partial charge in [-0.05, 0) is 48.0 Å². The molecule has 0 bridgehead atoms. The summed E-state index contributed by atoms with van der Waals surface area (Å²) in [5, 5.41) is 3.45. The second-order valence-corrected chi connectivity index (χ2v) is 6.15. The van der Waals surface area contributed by atoms with Crippen LogP contribution >= 0.6 is 15.9 Å². The molecule has 0 aliphatic heterocycles. The van der Waals surface area contributed by atoms with E-state index in [1.165, 1.54) is 0 Å². The van der Waals surface area contributed by atoms with Gasteiger partial charge in [0.15, 0.2) is 0 Å². The Morgan fingerprint density at radius 2 is 2.10 bits per heavy atom. The summed E-state index contributed by atoms with van der Waals surface area (Å²) in [6, 6.07) is 2.26. The van der Waals surface area contributed by atoms with E-state index in [1.807, 2.05) is 6.07 Å². The fraction of sp³-hybridized carbons (Fsp3) is 0.643. The Bertz CT molecular complexity index is 472. The molecule has 1 aromatic heterocycles. The minimum absolute atomic E-state index is 0.0424. The van der Waals surface area contributed by atoms with Gasteiger partial charge in [-0.25, -0.2) is 9.97 Å². The number of hydrogen-bond donors (Lipinski definition) is 2. The molecule has 1 aliphatic rings. The van der Waals surface area contributed by atoms with Gasteiger partial charge in [0.2, 0.25) is 5.91 Å². The maximum Gasteiger partial charge on any atom is 0.220 e. The normalized spacial score (nSPS) is 22.5. The number of aryl methyl sites for hydroxylation is 1. The van der Waals surface area contributed by atoms with Crippen LogP contribution in [-0.4, -0.2) is 21.9 Å². The molecule has 110 valence electrons. The zero-order valence-electron chi connectivity index (χ0n) is 11.7. The Balaban J connectivity index is 1.95.